The molecule has 9 heteroatoms. The average Bonchev–Trinajstić information content (AvgIpc) is 3.01. The highest BCUT2D eigenvalue weighted by Gasteiger charge is 2.66. The molecule has 4 aromatic rings. The number of hydrogen-bond donors (Lipinski definition) is 0. The summed E-state index contributed by atoms with van der Waals surface area (Å²) in [5.74, 6) is -2.17. The maximum absolute atomic E-state index is 15.3. The molecule has 42 heavy (non-hydrogen) atoms. The number of benzene rings is 4. The number of amides is 1. The first-order valence-corrected chi connectivity index (χ1v) is 13.2. The summed E-state index contributed by atoms with van der Waals surface area (Å²) in [4.78, 5) is 29.7. The predicted octanol–water partition coefficient (Wildman–Crippen LogP) is 6.71. The summed E-state index contributed by atoms with van der Waals surface area (Å²) in [6.07, 6.45) is -6.34. The number of nitrogens with zero attached hydrogens (tertiary/aromatic N) is 1. The fraction of sp³-hybridized carbons (Fsp3) is 0.212. The number of esters is 1. The molecule has 1 amide bonds. The Hall–Kier alpha value is -4.63. The highest BCUT2D eigenvalue weighted by atomic mass is 19.4. The van der Waals surface area contributed by atoms with Gasteiger partial charge in [-0.15, -0.1) is 0 Å². The van der Waals surface area contributed by atoms with E-state index in [0.717, 1.165) is 12.0 Å². The zero-order valence-corrected chi connectivity index (χ0v) is 22.8. The fourth-order valence-electron chi connectivity index (χ4n) is 5.55. The quantitative estimate of drug-likeness (QED) is 0.229. The molecule has 6 nitrogen and oxygen atoms in total. The average molecular weight is 576 g/mol. The maximum atomic E-state index is 15.3. The first-order valence-electron chi connectivity index (χ1n) is 13.2. The van der Waals surface area contributed by atoms with Gasteiger partial charge in [-0.2, -0.15) is 13.2 Å². The van der Waals surface area contributed by atoms with Gasteiger partial charge in [-0.3, -0.25) is 4.79 Å². The minimum absolute atomic E-state index is 0.172. The number of cyclic esters (lactones) is 1. The van der Waals surface area contributed by atoms with Gasteiger partial charge in [-0.1, -0.05) is 109 Å². The molecule has 1 heterocycles. The SMILES string of the molecule is COc1ccccc1[C@@H]1C(=O)O[C@H](c2ccccc2)[C@H](c2ccccc2)N1C(=O)C(OC)(c1ccccc1)C(F)(F)F. The van der Waals surface area contributed by atoms with Crippen molar-refractivity contribution in [3.8, 4) is 5.75 Å². The third-order valence-corrected chi connectivity index (χ3v) is 7.46. The monoisotopic (exact) mass is 575 g/mol. The third kappa shape index (κ3) is 4.90. The number of carbonyl (C=O) groups is 2. The van der Waals surface area contributed by atoms with Gasteiger partial charge < -0.3 is 19.1 Å². The molecule has 4 atom stereocenters. The molecule has 4 aromatic carbocycles. The minimum atomic E-state index is -5.21. The third-order valence-electron chi connectivity index (χ3n) is 7.46. The van der Waals surface area contributed by atoms with E-state index in [-0.39, 0.29) is 11.3 Å². The van der Waals surface area contributed by atoms with Gasteiger partial charge in [0.25, 0.3) is 11.5 Å². The number of hydrogen-bond acceptors (Lipinski definition) is 5. The molecule has 1 aliphatic rings. The van der Waals surface area contributed by atoms with Crippen LogP contribution in [0.2, 0.25) is 0 Å². The number of para-hydroxylation sites is 1. The lowest BCUT2D eigenvalue weighted by Gasteiger charge is -2.48. The molecule has 0 aromatic heterocycles. The molecular formula is C33H28F3NO5. The van der Waals surface area contributed by atoms with Crippen molar-refractivity contribution < 1.29 is 37.0 Å². The summed E-state index contributed by atoms with van der Waals surface area (Å²) in [5.41, 5.74) is -2.73. The van der Waals surface area contributed by atoms with Crippen molar-refractivity contribution in [3.05, 3.63) is 138 Å². The Labute approximate surface area is 241 Å². The van der Waals surface area contributed by atoms with Crippen LogP contribution in [0, 0.1) is 0 Å². The van der Waals surface area contributed by atoms with Crippen LogP contribution in [0.3, 0.4) is 0 Å². The van der Waals surface area contributed by atoms with Crippen LogP contribution in [0.5, 0.6) is 5.75 Å². The second-order valence-corrected chi connectivity index (χ2v) is 9.73. The molecule has 1 unspecified atom stereocenters. The normalized spacial score (nSPS) is 20.4. The van der Waals surface area contributed by atoms with E-state index in [9.17, 15) is 9.59 Å². The summed E-state index contributed by atoms with van der Waals surface area (Å²) in [6, 6.07) is 27.4. The lowest BCUT2D eigenvalue weighted by Crippen LogP contribution is -2.61. The van der Waals surface area contributed by atoms with E-state index < -0.39 is 47.4 Å². The van der Waals surface area contributed by atoms with Gasteiger partial charge >= 0.3 is 12.1 Å². The van der Waals surface area contributed by atoms with Crippen LogP contribution in [-0.4, -0.2) is 37.2 Å². The molecule has 0 bridgehead atoms. The van der Waals surface area contributed by atoms with Gasteiger partial charge in [0, 0.05) is 18.2 Å². The van der Waals surface area contributed by atoms with Crippen molar-refractivity contribution in [2.45, 2.75) is 30.0 Å². The molecule has 1 fully saturated rings. The zero-order chi connectivity index (χ0) is 29.9. The summed E-state index contributed by atoms with van der Waals surface area (Å²) in [6.45, 7) is 0. The van der Waals surface area contributed by atoms with Gasteiger partial charge in [-0.25, -0.2) is 4.79 Å². The molecule has 0 spiro atoms. The fourth-order valence-corrected chi connectivity index (χ4v) is 5.55. The van der Waals surface area contributed by atoms with Crippen molar-refractivity contribution in [1.82, 2.24) is 4.90 Å². The molecule has 1 saturated heterocycles. The van der Waals surface area contributed by atoms with Crippen LogP contribution in [0.4, 0.5) is 13.2 Å². The molecule has 216 valence electrons. The van der Waals surface area contributed by atoms with E-state index in [1.165, 1.54) is 37.4 Å². The summed E-state index contributed by atoms with van der Waals surface area (Å²) in [5, 5.41) is 0. The van der Waals surface area contributed by atoms with Gasteiger partial charge in [0.05, 0.1) is 13.2 Å². The Kier molecular flexibility index (Phi) is 8.04. The van der Waals surface area contributed by atoms with E-state index in [0.29, 0.717) is 11.1 Å². The second kappa shape index (κ2) is 11.7. The maximum Gasteiger partial charge on any atom is 0.430 e. The van der Waals surface area contributed by atoms with E-state index in [4.69, 9.17) is 14.2 Å². The summed E-state index contributed by atoms with van der Waals surface area (Å²) >= 11 is 0. The Morgan fingerprint density at radius 3 is 1.83 bits per heavy atom. The van der Waals surface area contributed by atoms with Crippen LogP contribution < -0.4 is 4.74 Å². The standard InChI is InChI=1S/C33H28F3NO5/c1-40-26-21-13-12-20-25(26)28-30(38)42-29(23-16-8-4-9-17-23)27(22-14-6-3-7-15-22)37(28)31(39)32(41-2,33(34,35)36)24-18-10-5-11-19-24/h3-21,27-29H,1-2H3/t27-,28+,29+,32?/m0/s1. The predicted molar refractivity (Wildman–Crippen MR) is 148 cm³/mol. The summed E-state index contributed by atoms with van der Waals surface area (Å²) in [7, 11) is 2.21. The Morgan fingerprint density at radius 1 is 0.762 bits per heavy atom. The second-order valence-electron chi connectivity index (χ2n) is 9.73. The van der Waals surface area contributed by atoms with Gasteiger partial charge in [-0.05, 0) is 17.2 Å². The van der Waals surface area contributed by atoms with Gasteiger partial charge in [0.15, 0.2) is 12.1 Å². The highest BCUT2D eigenvalue weighted by molar-refractivity contribution is 5.93. The summed E-state index contributed by atoms with van der Waals surface area (Å²) < 4.78 is 62.5. The lowest BCUT2D eigenvalue weighted by atomic mass is 9.84. The Bertz CT molecular complexity index is 1530. The number of ether oxygens (including phenoxy) is 3. The van der Waals surface area contributed by atoms with E-state index in [2.05, 4.69) is 0 Å². The number of morpholine rings is 1. The highest BCUT2D eigenvalue weighted by Crippen LogP contribution is 2.52. The van der Waals surface area contributed by atoms with Crippen LogP contribution in [0.15, 0.2) is 115 Å². The topological polar surface area (TPSA) is 65.1 Å². The number of alkyl halides is 3. The number of halogens is 3. The molecule has 5 rings (SSSR count). The van der Waals surface area contributed by atoms with E-state index in [1.54, 1.807) is 84.9 Å². The largest absolute Gasteiger partial charge is 0.496 e. The van der Waals surface area contributed by atoms with Crippen molar-refractivity contribution in [3.63, 3.8) is 0 Å². The van der Waals surface area contributed by atoms with E-state index in [1.807, 2.05) is 0 Å². The molecule has 0 aliphatic carbocycles. The Balaban J connectivity index is 1.83. The van der Waals surface area contributed by atoms with E-state index >= 15 is 13.2 Å². The molecule has 1 aliphatic heterocycles. The smallest absolute Gasteiger partial charge is 0.430 e. The first kappa shape index (κ1) is 28.9. The van der Waals surface area contributed by atoms with Crippen LogP contribution >= 0.6 is 0 Å². The minimum Gasteiger partial charge on any atom is -0.496 e. The molecule has 0 saturated carbocycles. The molecule has 0 radical (unpaired) electrons. The first-order chi connectivity index (χ1) is 20.2. The molecule has 0 N–H and O–H groups in total. The van der Waals surface area contributed by atoms with Crippen molar-refractivity contribution in [1.29, 1.82) is 0 Å². The number of rotatable bonds is 7. The van der Waals surface area contributed by atoms with Crippen LogP contribution in [0.25, 0.3) is 0 Å². The van der Waals surface area contributed by atoms with Gasteiger partial charge in [0.2, 0.25) is 0 Å². The number of methoxy groups -OCH3 is 2. The van der Waals surface area contributed by atoms with Crippen LogP contribution in [-0.2, 0) is 24.7 Å². The zero-order valence-electron chi connectivity index (χ0n) is 22.8. The van der Waals surface area contributed by atoms with Crippen molar-refractivity contribution >= 4 is 11.9 Å². The lowest BCUT2D eigenvalue weighted by molar-refractivity contribution is -0.275. The van der Waals surface area contributed by atoms with Gasteiger partial charge in [0.1, 0.15) is 5.75 Å². The van der Waals surface area contributed by atoms with Crippen LogP contribution in [0.1, 0.15) is 40.4 Å². The van der Waals surface area contributed by atoms with Crippen molar-refractivity contribution in [2.75, 3.05) is 14.2 Å². The van der Waals surface area contributed by atoms with Crippen molar-refractivity contribution in [2.24, 2.45) is 0 Å². The molecular weight excluding hydrogens is 547 g/mol. The Morgan fingerprint density at radius 2 is 1.29 bits per heavy atom. The number of carbonyl (C=O) groups excluding carboxylic acids is 2.